The molecule has 1 N–H and O–H groups in total. The van der Waals surface area contributed by atoms with Gasteiger partial charge in [0.1, 0.15) is 18.2 Å². The Hall–Kier alpha value is -3.12. The normalized spacial score (nSPS) is 10.9. The van der Waals surface area contributed by atoms with E-state index in [0.717, 1.165) is 33.5 Å². The Kier molecular flexibility index (Phi) is 7.22. The van der Waals surface area contributed by atoms with Gasteiger partial charge in [-0.15, -0.1) is 0 Å². The fraction of sp³-hybridized carbons (Fsp3) is 0.231. The number of aryl methyl sites for hydroxylation is 1. The average Bonchev–Trinajstić information content (AvgIpc) is 3.17. The average molecular weight is 492 g/mol. The Balaban J connectivity index is 1.41. The van der Waals surface area contributed by atoms with Crippen molar-refractivity contribution in [2.75, 3.05) is 13.2 Å². The standard InChI is InChI=1S/C26H26BrN3O2/c1-2-19-10-12-22(13-11-19)32-17-16-30-24-9-4-3-8-23(24)29-25(30)14-15-28-26(31)20-6-5-7-21(27)18-20/h3-13,18H,2,14-17H2,1H3,(H,28,31). The highest BCUT2D eigenvalue weighted by Crippen LogP contribution is 2.18. The molecule has 32 heavy (non-hydrogen) atoms. The van der Waals surface area contributed by atoms with E-state index >= 15 is 0 Å². The zero-order chi connectivity index (χ0) is 22.3. The number of fused-ring (bicyclic) bond motifs is 1. The quantitative estimate of drug-likeness (QED) is 0.340. The largest absolute Gasteiger partial charge is 0.492 e. The van der Waals surface area contributed by atoms with Crippen LogP contribution < -0.4 is 10.1 Å². The second kappa shape index (κ2) is 10.5. The van der Waals surface area contributed by atoms with Crippen LogP contribution in [-0.2, 0) is 19.4 Å². The van der Waals surface area contributed by atoms with Gasteiger partial charge in [0.15, 0.2) is 0 Å². The van der Waals surface area contributed by atoms with Gasteiger partial charge in [-0.25, -0.2) is 4.98 Å². The maximum absolute atomic E-state index is 12.4. The number of hydrogen-bond acceptors (Lipinski definition) is 3. The number of carbonyl (C=O) groups excluding carboxylic acids is 1. The third kappa shape index (κ3) is 5.37. The van der Waals surface area contributed by atoms with E-state index in [1.807, 2.05) is 48.5 Å². The first-order valence-corrected chi connectivity index (χ1v) is 11.6. The zero-order valence-corrected chi connectivity index (χ0v) is 19.6. The maximum Gasteiger partial charge on any atom is 0.251 e. The van der Waals surface area contributed by atoms with Crippen molar-refractivity contribution in [2.24, 2.45) is 0 Å². The van der Waals surface area contributed by atoms with Gasteiger partial charge in [0.2, 0.25) is 0 Å². The Morgan fingerprint density at radius 1 is 1.06 bits per heavy atom. The molecule has 4 rings (SSSR count). The molecule has 5 nitrogen and oxygen atoms in total. The van der Waals surface area contributed by atoms with Crippen LogP contribution in [-0.4, -0.2) is 28.6 Å². The fourth-order valence-electron chi connectivity index (χ4n) is 3.66. The summed E-state index contributed by atoms with van der Waals surface area (Å²) < 4.78 is 9.04. The third-order valence-corrected chi connectivity index (χ3v) is 5.86. The highest BCUT2D eigenvalue weighted by Gasteiger charge is 2.12. The Morgan fingerprint density at radius 2 is 1.88 bits per heavy atom. The van der Waals surface area contributed by atoms with Crippen LogP contribution in [0.2, 0.25) is 0 Å². The zero-order valence-electron chi connectivity index (χ0n) is 18.1. The summed E-state index contributed by atoms with van der Waals surface area (Å²) >= 11 is 3.41. The first-order valence-electron chi connectivity index (χ1n) is 10.8. The lowest BCUT2D eigenvalue weighted by Gasteiger charge is -2.12. The number of imidazole rings is 1. The molecule has 0 aliphatic carbocycles. The van der Waals surface area contributed by atoms with Crippen molar-refractivity contribution in [3.63, 3.8) is 0 Å². The predicted octanol–water partition coefficient (Wildman–Crippen LogP) is 5.41. The number of halogens is 1. The maximum atomic E-state index is 12.4. The van der Waals surface area contributed by atoms with Gasteiger partial charge in [0.25, 0.3) is 5.91 Å². The van der Waals surface area contributed by atoms with Crippen molar-refractivity contribution >= 4 is 32.9 Å². The van der Waals surface area contributed by atoms with Crippen molar-refractivity contribution in [1.82, 2.24) is 14.9 Å². The smallest absolute Gasteiger partial charge is 0.251 e. The van der Waals surface area contributed by atoms with E-state index in [9.17, 15) is 4.79 Å². The van der Waals surface area contributed by atoms with E-state index in [2.05, 4.69) is 50.9 Å². The minimum Gasteiger partial charge on any atom is -0.492 e. The predicted molar refractivity (Wildman–Crippen MR) is 131 cm³/mol. The number of rotatable bonds is 9. The van der Waals surface area contributed by atoms with Gasteiger partial charge in [-0.1, -0.05) is 53.2 Å². The lowest BCUT2D eigenvalue weighted by molar-refractivity contribution is 0.0954. The molecule has 0 atom stereocenters. The van der Waals surface area contributed by atoms with Gasteiger partial charge in [0.05, 0.1) is 17.6 Å². The Labute approximate surface area is 196 Å². The number of nitrogens with zero attached hydrogens (tertiary/aromatic N) is 2. The number of nitrogens with one attached hydrogen (secondary N) is 1. The van der Waals surface area contributed by atoms with Gasteiger partial charge < -0.3 is 14.6 Å². The minimum atomic E-state index is -0.0900. The second-order valence-electron chi connectivity index (χ2n) is 7.53. The van der Waals surface area contributed by atoms with Crippen molar-refractivity contribution < 1.29 is 9.53 Å². The summed E-state index contributed by atoms with van der Waals surface area (Å²) in [5.41, 5.74) is 3.96. The van der Waals surface area contributed by atoms with Crippen LogP contribution in [0.3, 0.4) is 0 Å². The van der Waals surface area contributed by atoms with Crippen molar-refractivity contribution in [3.05, 3.63) is 94.2 Å². The van der Waals surface area contributed by atoms with Gasteiger partial charge in [-0.2, -0.15) is 0 Å². The van der Waals surface area contributed by atoms with Crippen LogP contribution in [0, 0.1) is 0 Å². The molecule has 3 aromatic carbocycles. The number of ether oxygens (including phenoxy) is 1. The molecule has 0 saturated carbocycles. The molecule has 6 heteroatoms. The molecule has 0 spiro atoms. The summed E-state index contributed by atoms with van der Waals surface area (Å²) in [6, 6.07) is 23.7. The molecule has 1 aromatic heterocycles. The van der Waals surface area contributed by atoms with E-state index < -0.39 is 0 Å². The first-order chi connectivity index (χ1) is 15.6. The molecular weight excluding hydrogens is 466 g/mol. The number of aromatic nitrogens is 2. The molecular formula is C26H26BrN3O2. The number of benzene rings is 3. The monoisotopic (exact) mass is 491 g/mol. The lowest BCUT2D eigenvalue weighted by Crippen LogP contribution is -2.26. The molecule has 0 aliphatic rings. The van der Waals surface area contributed by atoms with E-state index in [-0.39, 0.29) is 5.91 Å². The first kappa shape index (κ1) is 22.1. The summed E-state index contributed by atoms with van der Waals surface area (Å²) in [5.74, 6) is 1.72. The van der Waals surface area contributed by atoms with Gasteiger partial charge >= 0.3 is 0 Å². The molecule has 0 unspecified atom stereocenters. The minimum absolute atomic E-state index is 0.0900. The summed E-state index contributed by atoms with van der Waals surface area (Å²) in [6.45, 7) is 3.88. The Morgan fingerprint density at radius 3 is 2.66 bits per heavy atom. The summed E-state index contributed by atoms with van der Waals surface area (Å²) in [7, 11) is 0. The van der Waals surface area contributed by atoms with E-state index in [1.165, 1.54) is 5.56 Å². The highest BCUT2D eigenvalue weighted by atomic mass is 79.9. The fourth-order valence-corrected chi connectivity index (χ4v) is 4.06. The molecule has 0 bridgehead atoms. The van der Waals surface area contributed by atoms with Crippen LogP contribution in [0.1, 0.15) is 28.7 Å². The molecule has 0 saturated heterocycles. The molecule has 0 radical (unpaired) electrons. The summed E-state index contributed by atoms with van der Waals surface area (Å²) in [6.07, 6.45) is 1.66. The summed E-state index contributed by atoms with van der Waals surface area (Å²) in [4.78, 5) is 17.2. The van der Waals surface area contributed by atoms with Crippen LogP contribution in [0.25, 0.3) is 11.0 Å². The highest BCUT2D eigenvalue weighted by molar-refractivity contribution is 9.10. The SMILES string of the molecule is CCc1ccc(OCCn2c(CCNC(=O)c3cccc(Br)c3)nc3ccccc32)cc1. The lowest BCUT2D eigenvalue weighted by atomic mass is 10.2. The number of hydrogen-bond donors (Lipinski definition) is 1. The second-order valence-corrected chi connectivity index (χ2v) is 8.45. The molecule has 1 heterocycles. The molecule has 1 amide bonds. The van der Waals surface area contributed by atoms with Crippen LogP contribution >= 0.6 is 15.9 Å². The number of para-hydroxylation sites is 2. The van der Waals surface area contributed by atoms with Crippen molar-refractivity contribution in [2.45, 2.75) is 26.3 Å². The van der Waals surface area contributed by atoms with Gasteiger partial charge in [0, 0.05) is 23.0 Å². The number of amides is 1. The van der Waals surface area contributed by atoms with Crippen molar-refractivity contribution in [3.8, 4) is 5.75 Å². The van der Waals surface area contributed by atoms with E-state index in [0.29, 0.717) is 31.7 Å². The third-order valence-electron chi connectivity index (χ3n) is 5.37. The van der Waals surface area contributed by atoms with Crippen molar-refractivity contribution in [1.29, 1.82) is 0 Å². The van der Waals surface area contributed by atoms with E-state index in [1.54, 1.807) is 6.07 Å². The molecule has 4 aromatic rings. The van der Waals surface area contributed by atoms with Crippen LogP contribution in [0.15, 0.2) is 77.3 Å². The van der Waals surface area contributed by atoms with Gasteiger partial charge in [-0.05, 0) is 54.4 Å². The van der Waals surface area contributed by atoms with Crippen LogP contribution in [0.4, 0.5) is 0 Å². The van der Waals surface area contributed by atoms with E-state index in [4.69, 9.17) is 9.72 Å². The van der Waals surface area contributed by atoms with Crippen LogP contribution in [0.5, 0.6) is 5.75 Å². The Bertz CT molecular complexity index is 1200. The molecule has 0 fully saturated rings. The number of carbonyl (C=O) groups is 1. The van der Waals surface area contributed by atoms with Gasteiger partial charge in [-0.3, -0.25) is 4.79 Å². The molecule has 0 aliphatic heterocycles. The topological polar surface area (TPSA) is 56.1 Å². The summed E-state index contributed by atoms with van der Waals surface area (Å²) in [5, 5.41) is 2.99. The molecule has 164 valence electrons.